The van der Waals surface area contributed by atoms with Gasteiger partial charge >= 0.3 is 17.1 Å². The van der Waals surface area contributed by atoms with Crippen LogP contribution in [0.5, 0.6) is 11.5 Å². The molecule has 0 aliphatic rings. The van der Waals surface area contributed by atoms with Gasteiger partial charge in [-0.3, -0.25) is 9.98 Å². The van der Waals surface area contributed by atoms with Gasteiger partial charge in [0.1, 0.15) is 11.5 Å². The first kappa shape index (κ1) is 35.9. The Morgan fingerprint density at radius 2 is 1.00 bits per heavy atom. The van der Waals surface area contributed by atoms with E-state index in [1.807, 2.05) is 0 Å². The number of carboxylic acids is 3. The van der Waals surface area contributed by atoms with Gasteiger partial charge in [-0.25, -0.2) is 0 Å². The molecule has 12 heteroatoms. The zero-order valence-corrected chi connectivity index (χ0v) is 20.5. The number of aliphatic hydroxyl groups is 1. The van der Waals surface area contributed by atoms with Crippen LogP contribution in [0.2, 0.25) is 0 Å². The summed E-state index contributed by atoms with van der Waals surface area (Å²) in [5.41, 5.74) is 1.21. The molecule has 0 fully saturated rings. The smallest absolute Gasteiger partial charge is 0.550 e. The predicted octanol–water partition coefficient (Wildman–Crippen LogP) is -1.74. The number of hydrogen-bond donors (Lipinski definition) is 3. The average molecular weight is 530 g/mol. The van der Waals surface area contributed by atoms with Gasteiger partial charge in [-0.2, -0.15) is 0 Å². The van der Waals surface area contributed by atoms with Crippen molar-refractivity contribution in [3.63, 3.8) is 0 Å². The molecule has 0 amide bonds. The van der Waals surface area contributed by atoms with Gasteiger partial charge in [-0.1, -0.05) is 24.3 Å². The maximum absolute atomic E-state index is 9.79. The Morgan fingerprint density at radius 1 is 0.743 bits per heavy atom. The molecule has 3 N–H and O–H groups in total. The van der Waals surface area contributed by atoms with Gasteiger partial charge in [0.05, 0.1) is 19.2 Å². The number of phenols is 2. The number of aromatic hydroxyl groups is 2. The van der Waals surface area contributed by atoms with Gasteiger partial charge in [0.25, 0.3) is 0 Å². The van der Waals surface area contributed by atoms with Crippen LogP contribution in [-0.4, -0.2) is 64.9 Å². The Kier molecular flexibility index (Phi) is 22.6. The third-order valence-corrected chi connectivity index (χ3v) is 2.97. The first-order valence-electron chi connectivity index (χ1n) is 9.63. The molecule has 0 saturated heterocycles. The number of nitrogens with zero attached hydrogens (tertiary/aromatic N) is 2. The number of phenolic OH excluding ortho intramolecular Hbond substituents is 2. The topological polar surface area (TPSA) is 206 Å². The number of aliphatic imine (C=N–C) groups is 2. The maximum Gasteiger partial charge on any atom is 3.00 e. The molecule has 0 aliphatic heterocycles. The second-order valence-corrected chi connectivity index (χ2v) is 6.23. The van der Waals surface area contributed by atoms with Crippen molar-refractivity contribution in [1.82, 2.24) is 0 Å². The van der Waals surface area contributed by atoms with E-state index in [0.717, 1.165) is 20.8 Å². The van der Waals surface area contributed by atoms with Crippen molar-refractivity contribution >= 4 is 30.3 Å². The number of rotatable bonds is 6. The Hall–Kier alpha value is -3.73. The number of carboxylic acid groups (broad SMARTS) is 3. The summed E-state index contributed by atoms with van der Waals surface area (Å²) in [6.07, 6.45) is 2.32. The largest absolute Gasteiger partial charge is 3.00 e. The molecule has 190 valence electrons. The number of aliphatic carboxylic acids is 3. The molecule has 11 nitrogen and oxygen atoms in total. The number of aliphatic hydroxyl groups excluding tert-OH is 1. The summed E-state index contributed by atoms with van der Waals surface area (Å²) in [6, 6.07) is 13.7. The minimum absolute atomic E-state index is 0. The van der Waals surface area contributed by atoms with E-state index < -0.39 is 24.0 Å². The van der Waals surface area contributed by atoms with E-state index in [4.69, 9.17) is 29.7 Å². The summed E-state index contributed by atoms with van der Waals surface area (Å²) in [7, 11) is 0. The molecule has 2 rings (SSSR count). The molecule has 0 radical (unpaired) electrons. The van der Waals surface area contributed by atoms with Crippen LogP contribution in [0.4, 0.5) is 0 Å². The standard InChI is InChI=1S/C17H18N2O3.3C2H4O2.Mn/c20-15(11-18-9-13-5-1-3-7-16(13)21)12-19-10-14-6-2-4-8-17(14)22;3*1-2(3)4;/h1-10,15,20-22H,11-12H2;3*1H3,(H,3,4);/q;;;;+3/p-3. The number of benzene rings is 2. The fourth-order valence-corrected chi connectivity index (χ4v) is 1.80. The van der Waals surface area contributed by atoms with Crippen LogP contribution in [0, 0.1) is 0 Å². The van der Waals surface area contributed by atoms with Crippen molar-refractivity contribution in [2.24, 2.45) is 9.98 Å². The molecule has 35 heavy (non-hydrogen) atoms. The van der Waals surface area contributed by atoms with Crippen molar-refractivity contribution < 1.29 is 62.1 Å². The molecule has 0 saturated carbocycles. The number of carbonyl (C=O) groups excluding carboxylic acids is 3. The minimum Gasteiger partial charge on any atom is -0.550 e. The monoisotopic (exact) mass is 530 g/mol. The van der Waals surface area contributed by atoms with Crippen LogP contribution in [0.1, 0.15) is 31.9 Å². The third-order valence-electron chi connectivity index (χ3n) is 2.97. The Labute approximate surface area is 213 Å². The number of para-hydroxylation sites is 2. The fourth-order valence-electron chi connectivity index (χ4n) is 1.80. The minimum atomic E-state index is -1.08. The van der Waals surface area contributed by atoms with E-state index in [-0.39, 0.29) is 41.7 Å². The van der Waals surface area contributed by atoms with E-state index in [0.29, 0.717) is 11.1 Å². The molecule has 0 bridgehead atoms. The summed E-state index contributed by atoms with van der Waals surface area (Å²) in [6.45, 7) is 3.29. The normalized spacial score (nSPS) is 10.3. The first-order chi connectivity index (χ1) is 15.9. The molecule has 0 unspecified atom stereocenters. The van der Waals surface area contributed by atoms with E-state index in [1.165, 1.54) is 12.4 Å². The van der Waals surface area contributed by atoms with Crippen molar-refractivity contribution in [3.05, 3.63) is 59.7 Å². The molecule has 2 aromatic carbocycles. The Morgan fingerprint density at radius 3 is 1.26 bits per heavy atom. The third kappa shape index (κ3) is 26.4. The second-order valence-electron chi connectivity index (χ2n) is 6.23. The molecule has 0 heterocycles. The van der Waals surface area contributed by atoms with Gasteiger partial charge in [0, 0.05) is 41.5 Å². The molecular weight excluding hydrogens is 503 g/mol. The van der Waals surface area contributed by atoms with Crippen molar-refractivity contribution in [3.8, 4) is 11.5 Å². The van der Waals surface area contributed by atoms with Crippen LogP contribution in [0.25, 0.3) is 0 Å². The van der Waals surface area contributed by atoms with E-state index in [1.54, 1.807) is 48.5 Å². The van der Waals surface area contributed by atoms with Crippen LogP contribution in [0.3, 0.4) is 0 Å². The SMILES string of the molecule is CC(=O)[O-].CC(=O)[O-].CC(=O)[O-].Oc1ccccc1C=NCC(O)CN=Cc1ccccc1O.[Mn+3]. The summed E-state index contributed by atoms with van der Waals surface area (Å²) in [4.78, 5) is 34.8. The zero-order valence-electron chi connectivity index (χ0n) is 19.3. The van der Waals surface area contributed by atoms with Gasteiger partial charge in [0.15, 0.2) is 0 Å². The first-order valence-corrected chi connectivity index (χ1v) is 9.63. The fraction of sp³-hybridized carbons (Fsp3) is 0.261. The maximum atomic E-state index is 9.79. The molecule has 2 aromatic rings. The van der Waals surface area contributed by atoms with Gasteiger partial charge in [0.2, 0.25) is 0 Å². The average Bonchev–Trinajstić information content (AvgIpc) is 2.70. The van der Waals surface area contributed by atoms with Crippen LogP contribution in [0.15, 0.2) is 58.5 Å². The predicted molar refractivity (Wildman–Crippen MR) is 119 cm³/mol. The second kappa shape index (κ2) is 22.1. The van der Waals surface area contributed by atoms with Gasteiger partial charge in [-0.15, -0.1) is 0 Å². The quantitative estimate of drug-likeness (QED) is 0.286. The number of carbonyl (C=O) groups is 3. The molecule has 0 atom stereocenters. The summed E-state index contributed by atoms with van der Waals surface area (Å²) < 4.78 is 0. The molecular formula is C23H27MnN2O9. The Balaban J connectivity index is -0.000000659. The van der Waals surface area contributed by atoms with E-state index in [2.05, 4.69) is 9.98 Å². The van der Waals surface area contributed by atoms with Crippen molar-refractivity contribution in [1.29, 1.82) is 0 Å². The summed E-state index contributed by atoms with van der Waals surface area (Å²) in [5, 5.41) is 55.6. The summed E-state index contributed by atoms with van der Waals surface area (Å²) >= 11 is 0. The molecule has 0 spiro atoms. The van der Waals surface area contributed by atoms with Crippen molar-refractivity contribution in [2.75, 3.05) is 13.1 Å². The van der Waals surface area contributed by atoms with Crippen LogP contribution in [-0.2, 0) is 31.5 Å². The van der Waals surface area contributed by atoms with E-state index in [9.17, 15) is 15.3 Å². The molecule has 0 aromatic heterocycles. The Bertz CT molecular complexity index is 852. The van der Waals surface area contributed by atoms with Crippen LogP contribution < -0.4 is 15.3 Å². The van der Waals surface area contributed by atoms with Gasteiger partial charge < -0.3 is 45.0 Å². The molecule has 0 aliphatic carbocycles. The number of hydrogen-bond acceptors (Lipinski definition) is 11. The van der Waals surface area contributed by atoms with E-state index >= 15 is 0 Å². The van der Waals surface area contributed by atoms with Crippen molar-refractivity contribution in [2.45, 2.75) is 26.9 Å². The zero-order chi connectivity index (χ0) is 26.5. The van der Waals surface area contributed by atoms with Crippen LogP contribution >= 0.6 is 0 Å². The summed E-state index contributed by atoms with van der Waals surface area (Å²) in [5.74, 6) is -2.95. The van der Waals surface area contributed by atoms with Gasteiger partial charge in [-0.05, 0) is 45.0 Å².